The van der Waals surface area contributed by atoms with E-state index >= 15 is 0 Å². The molecule has 0 radical (unpaired) electrons. The zero-order valence-electron chi connectivity index (χ0n) is 6.29. The molecule has 0 bridgehead atoms. The molecule has 0 aliphatic carbocycles. The number of benzene rings is 1. The van der Waals surface area contributed by atoms with Gasteiger partial charge in [0.15, 0.2) is 0 Å². The quantitative estimate of drug-likeness (QED) is 0.710. The molecular weight excluding hydrogens is 245 g/mol. The number of rotatable bonds is 2. The molecule has 0 amide bonds. The van der Waals surface area contributed by atoms with Crippen LogP contribution in [0.4, 0.5) is 0 Å². The van der Waals surface area contributed by atoms with E-state index in [0.29, 0.717) is 0 Å². The van der Waals surface area contributed by atoms with E-state index in [-0.39, 0.29) is 51.1 Å². The molecule has 0 N–H and O–H groups in total. The van der Waals surface area contributed by atoms with Crippen molar-refractivity contribution in [3.8, 4) is 0 Å². The van der Waals surface area contributed by atoms with Gasteiger partial charge in [0, 0.05) is 19.5 Å². The minimum absolute atomic E-state index is 0. The second-order valence-electron chi connectivity index (χ2n) is 1.92. The minimum Gasteiger partial charge on any atom is -0.345 e. The molecule has 1 aromatic rings. The Hall–Kier alpha value is 1.19. The normalized spacial score (nSPS) is 7.00. The molecule has 0 nitrogen and oxygen atoms in total. The first-order chi connectivity index (χ1) is 4.43. The maximum Gasteiger partial charge on any atom is 0.505 e. The summed E-state index contributed by atoms with van der Waals surface area (Å²) in [4.78, 5) is 0. The molecule has 0 saturated carbocycles. The molecule has 1 rings (SSSR count). The zero-order valence-corrected chi connectivity index (χ0v) is 12.2. The maximum absolute atomic E-state index is 5.67. The second-order valence-corrected chi connectivity index (χ2v) is 3.94. The largest absolute Gasteiger partial charge is 0.505 e. The Morgan fingerprint density at radius 1 is 1.18 bits per heavy atom. The van der Waals surface area contributed by atoms with Gasteiger partial charge >= 0.3 is 19.3 Å². The van der Waals surface area contributed by atoms with E-state index in [9.17, 15) is 0 Å². The van der Waals surface area contributed by atoms with Crippen LogP contribution in [-0.4, -0.2) is 19.3 Å². The molecule has 0 unspecified atom stereocenters. The fourth-order valence-corrected chi connectivity index (χ4v) is 1.96. The first-order valence-electron chi connectivity index (χ1n) is 3.03. The molecule has 0 saturated heterocycles. The van der Waals surface area contributed by atoms with E-state index in [1.54, 1.807) is 0 Å². The van der Waals surface area contributed by atoms with Crippen LogP contribution in [0, 0.1) is 0 Å². The van der Waals surface area contributed by atoms with E-state index in [1.807, 2.05) is 6.07 Å². The Morgan fingerprint density at radius 2 is 1.73 bits per heavy atom. The van der Waals surface area contributed by atoms with Gasteiger partial charge in [-0.2, -0.15) is 0 Å². The van der Waals surface area contributed by atoms with Crippen LogP contribution >= 0.6 is 21.5 Å². The number of hydrogen-bond donors (Lipinski definition) is 0. The van der Waals surface area contributed by atoms with Gasteiger partial charge in [-0.05, 0) is 0 Å². The van der Waals surface area contributed by atoms with Crippen molar-refractivity contribution in [2.75, 3.05) is 0 Å². The average Bonchev–Trinajstić information content (AvgIpc) is 1.91. The van der Waals surface area contributed by atoms with Crippen LogP contribution in [0.5, 0.6) is 0 Å². The first kappa shape index (κ1) is 14.7. The van der Waals surface area contributed by atoms with Crippen molar-refractivity contribution in [1.82, 2.24) is 0 Å². The van der Waals surface area contributed by atoms with Crippen LogP contribution in [0.15, 0.2) is 30.3 Å². The molecule has 54 valence electrons. The monoisotopic (exact) mass is 250 g/mol. The molecule has 0 aliphatic heterocycles. The Morgan fingerprint density at radius 3 is 2.18 bits per heavy atom. The summed E-state index contributed by atoms with van der Waals surface area (Å²) in [5, 5.41) is 0. The molecule has 11 heavy (non-hydrogen) atoms. The van der Waals surface area contributed by atoms with Crippen LogP contribution in [0.25, 0.3) is 0 Å². The summed E-state index contributed by atoms with van der Waals surface area (Å²) in [6.07, 6.45) is 0. The summed E-state index contributed by atoms with van der Waals surface area (Å²) >= 11 is -0.312. The van der Waals surface area contributed by atoms with Crippen molar-refractivity contribution >= 4 is 40.7 Å². The SMILES string of the molecule is Cl.[Cl][Mg][CH2]c1ccccc1.[Zn]. The minimum atomic E-state index is -0.312. The van der Waals surface area contributed by atoms with Gasteiger partial charge in [0.05, 0.1) is 0 Å². The Balaban J connectivity index is 0. The van der Waals surface area contributed by atoms with Crippen molar-refractivity contribution < 1.29 is 19.5 Å². The van der Waals surface area contributed by atoms with Crippen LogP contribution < -0.4 is 0 Å². The van der Waals surface area contributed by atoms with Crippen molar-refractivity contribution in [2.24, 2.45) is 0 Å². The maximum atomic E-state index is 5.67. The molecule has 4 heteroatoms. The van der Waals surface area contributed by atoms with E-state index < -0.39 is 0 Å². The van der Waals surface area contributed by atoms with Gasteiger partial charge in [-0.15, -0.1) is 12.4 Å². The smallest absolute Gasteiger partial charge is 0.345 e. The summed E-state index contributed by atoms with van der Waals surface area (Å²) in [5.41, 5.74) is 1.37. The summed E-state index contributed by atoms with van der Waals surface area (Å²) < 4.78 is 1.11. The first-order valence-corrected chi connectivity index (χ1v) is 6.17. The predicted octanol–water partition coefficient (Wildman–Crippen LogP) is 2.46. The van der Waals surface area contributed by atoms with E-state index in [0.717, 1.165) is 4.55 Å². The number of halogens is 2. The fourth-order valence-electron chi connectivity index (χ4n) is 0.754. The van der Waals surface area contributed by atoms with Crippen LogP contribution in [0.3, 0.4) is 0 Å². The van der Waals surface area contributed by atoms with Crippen LogP contribution in [0.1, 0.15) is 5.56 Å². The number of hydrogen-bond acceptors (Lipinski definition) is 0. The summed E-state index contributed by atoms with van der Waals surface area (Å²) in [6.45, 7) is 0. The van der Waals surface area contributed by atoms with Gasteiger partial charge in [0.1, 0.15) is 0 Å². The van der Waals surface area contributed by atoms with Crippen LogP contribution in [0.2, 0.25) is 0 Å². The Bertz CT molecular complexity index is 169. The molecule has 0 atom stereocenters. The van der Waals surface area contributed by atoms with E-state index in [2.05, 4.69) is 24.3 Å². The van der Waals surface area contributed by atoms with Crippen LogP contribution in [-0.2, 0) is 24.0 Å². The topological polar surface area (TPSA) is 0 Å². The third-order valence-electron chi connectivity index (χ3n) is 1.23. The standard InChI is InChI=1S/C7H7.2ClH.Mg.Zn/c1-7-5-3-2-4-6-7;;;;/h2-6H,1H2;2*1H;;/q;;;+1;/p-1. The molecule has 0 spiro atoms. The predicted molar refractivity (Wildman–Crippen MR) is 49.0 cm³/mol. The summed E-state index contributed by atoms with van der Waals surface area (Å²) in [5.74, 6) is 0. The summed E-state index contributed by atoms with van der Waals surface area (Å²) in [7, 11) is 5.67. The fraction of sp³-hybridized carbons (Fsp3) is 0.143. The van der Waals surface area contributed by atoms with Crippen molar-refractivity contribution in [1.29, 1.82) is 0 Å². The molecule has 0 heterocycles. The molecule has 1 aromatic carbocycles. The van der Waals surface area contributed by atoms with Gasteiger partial charge in [-0.3, -0.25) is 0 Å². The van der Waals surface area contributed by atoms with Crippen molar-refractivity contribution in [2.45, 2.75) is 4.55 Å². The van der Waals surface area contributed by atoms with Crippen molar-refractivity contribution in [3.63, 3.8) is 0 Å². The Labute approximate surface area is 99.8 Å². The van der Waals surface area contributed by atoms with Gasteiger partial charge in [-0.25, -0.2) is 0 Å². The van der Waals surface area contributed by atoms with Gasteiger partial charge in [0.25, 0.3) is 0 Å². The van der Waals surface area contributed by atoms with Crippen molar-refractivity contribution in [3.05, 3.63) is 35.9 Å². The third kappa shape index (κ3) is 6.36. The molecular formula is C7H8Cl2MgZn. The van der Waals surface area contributed by atoms with Gasteiger partial charge in [0.2, 0.25) is 0 Å². The van der Waals surface area contributed by atoms with Gasteiger partial charge in [-0.1, -0.05) is 40.4 Å². The Kier molecular flexibility index (Phi) is 12.4. The van der Waals surface area contributed by atoms with E-state index in [1.165, 1.54) is 5.56 Å². The van der Waals surface area contributed by atoms with E-state index in [4.69, 9.17) is 9.07 Å². The molecule has 0 fully saturated rings. The molecule has 0 aromatic heterocycles. The summed E-state index contributed by atoms with van der Waals surface area (Å²) in [6, 6.07) is 10.4. The zero-order chi connectivity index (χ0) is 6.53. The van der Waals surface area contributed by atoms with Gasteiger partial charge < -0.3 is 9.07 Å². The molecule has 0 aliphatic rings. The second kappa shape index (κ2) is 9.28. The third-order valence-corrected chi connectivity index (χ3v) is 2.56. The average molecular weight is 253 g/mol.